The Labute approximate surface area is 208 Å². The maximum absolute atomic E-state index is 12.7. The highest BCUT2D eigenvalue weighted by molar-refractivity contribution is 9.10. The van der Waals surface area contributed by atoms with Crippen molar-refractivity contribution in [1.29, 1.82) is 0 Å². The lowest BCUT2D eigenvalue weighted by atomic mass is 10.1. The summed E-state index contributed by atoms with van der Waals surface area (Å²) in [5.74, 6) is -1.69. The molecular formula is C26H17BrN4O4. The number of phenolic OH excluding ortho intramolecular Hbond substituents is 1. The number of hydrogen-bond donors (Lipinski definition) is 1. The van der Waals surface area contributed by atoms with Gasteiger partial charge in [-0.15, -0.1) is 5.10 Å². The maximum atomic E-state index is 12.7. The molecule has 3 aromatic carbocycles. The predicted octanol–water partition coefficient (Wildman–Crippen LogP) is 4.36. The maximum Gasteiger partial charge on any atom is 0.299 e. The van der Waals surface area contributed by atoms with Crippen LogP contribution in [0.1, 0.15) is 32.0 Å². The molecule has 0 atom stereocenters. The summed E-state index contributed by atoms with van der Waals surface area (Å²) < 4.78 is 2.38. The second-order valence-electron chi connectivity index (χ2n) is 7.84. The second-order valence-corrected chi connectivity index (χ2v) is 8.76. The molecule has 172 valence electrons. The van der Waals surface area contributed by atoms with E-state index in [2.05, 4.69) is 26.2 Å². The molecular weight excluding hydrogens is 512 g/mol. The Balaban J connectivity index is 1.36. The van der Waals surface area contributed by atoms with Crippen LogP contribution in [0, 0.1) is 0 Å². The van der Waals surface area contributed by atoms with Crippen LogP contribution >= 0.6 is 15.9 Å². The van der Waals surface area contributed by atoms with Gasteiger partial charge in [-0.3, -0.25) is 19.3 Å². The molecule has 9 heteroatoms. The van der Waals surface area contributed by atoms with Crippen LogP contribution in [0.15, 0.2) is 83.5 Å². The van der Waals surface area contributed by atoms with Gasteiger partial charge in [0.1, 0.15) is 11.4 Å². The average Bonchev–Trinajstić information content (AvgIpc) is 3.43. The van der Waals surface area contributed by atoms with Crippen LogP contribution in [0.25, 0.3) is 11.8 Å². The number of carbonyl (C=O) groups is 3. The first kappa shape index (κ1) is 22.4. The van der Waals surface area contributed by atoms with Crippen LogP contribution in [0.2, 0.25) is 0 Å². The molecule has 1 N–H and O–H groups in total. The summed E-state index contributed by atoms with van der Waals surface area (Å²) in [7, 11) is 0. The Morgan fingerprint density at radius 1 is 1.03 bits per heavy atom. The molecule has 0 fully saturated rings. The van der Waals surface area contributed by atoms with Crippen molar-refractivity contribution in [3.05, 3.63) is 106 Å². The van der Waals surface area contributed by atoms with Gasteiger partial charge in [-0.05, 0) is 54.1 Å². The summed E-state index contributed by atoms with van der Waals surface area (Å²) in [6, 6.07) is 18.8. The smallest absolute Gasteiger partial charge is 0.299 e. The quantitative estimate of drug-likeness (QED) is 0.226. The molecule has 1 amide bonds. The van der Waals surface area contributed by atoms with E-state index in [0.29, 0.717) is 22.6 Å². The zero-order valence-electron chi connectivity index (χ0n) is 18.1. The van der Waals surface area contributed by atoms with Crippen LogP contribution in [-0.2, 0) is 11.3 Å². The summed E-state index contributed by atoms with van der Waals surface area (Å²) in [6.45, 7) is 0.0708. The fraction of sp³-hybridized carbons (Fsp3) is 0.0385. The Morgan fingerprint density at radius 3 is 2.60 bits per heavy atom. The fourth-order valence-electron chi connectivity index (χ4n) is 3.76. The largest absolute Gasteiger partial charge is 0.507 e. The second kappa shape index (κ2) is 9.11. The summed E-state index contributed by atoms with van der Waals surface area (Å²) >= 11 is 3.37. The molecule has 1 aliphatic heterocycles. The number of ketones is 2. The standard InChI is InChI=1S/C26H17BrN4O4/c27-17-8-5-16(6-9-17)7-11-23(32)21-13-19(10-12-24(21)33)31-15-18(28-29-31)14-30-22-4-2-1-3-20(22)25(34)26(30)35/h1-13,15,33H,14H2/b11-7+. The number of para-hydroxylation sites is 1. The molecule has 1 aromatic heterocycles. The molecule has 0 saturated heterocycles. The van der Waals surface area contributed by atoms with Gasteiger partial charge in [0, 0.05) is 4.47 Å². The highest BCUT2D eigenvalue weighted by atomic mass is 79.9. The zero-order chi connectivity index (χ0) is 24.5. The van der Waals surface area contributed by atoms with E-state index in [-0.39, 0.29) is 23.6 Å². The Morgan fingerprint density at radius 2 is 1.80 bits per heavy atom. The van der Waals surface area contributed by atoms with Crippen molar-refractivity contribution >= 4 is 45.2 Å². The number of carbonyl (C=O) groups excluding carboxylic acids is 3. The van der Waals surface area contributed by atoms with E-state index in [1.165, 1.54) is 27.8 Å². The van der Waals surface area contributed by atoms with Crippen molar-refractivity contribution < 1.29 is 19.5 Å². The van der Waals surface area contributed by atoms with Crippen molar-refractivity contribution in [3.8, 4) is 11.4 Å². The van der Waals surface area contributed by atoms with E-state index in [0.717, 1.165) is 10.0 Å². The number of aromatic nitrogens is 3. The first-order chi connectivity index (χ1) is 16.9. The first-order valence-electron chi connectivity index (χ1n) is 10.6. The monoisotopic (exact) mass is 528 g/mol. The number of amides is 1. The molecule has 5 rings (SSSR count). The molecule has 0 saturated carbocycles. The van der Waals surface area contributed by atoms with E-state index in [1.54, 1.807) is 42.6 Å². The van der Waals surface area contributed by atoms with Gasteiger partial charge in [-0.2, -0.15) is 0 Å². The number of benzene rings is 3. The molecule has 2 heterocycles. The van der Waals surface area contributed by atoms with Crippen molar-refractivity contribution in [2.75, 3.05) is 4.90 Å². The van der Waals surface area contributed by atoms with Gasteiger partial charge in [-0.25, -0.2) is 4.68 Å². The SMILES string of the molecule is O=C(/C=C/c1ccc(Br)cc1)c1cc(-n2cc(CN3C(=O)C(=O)c4ccccc43)nn2)ccc1O. The van der Waals surface area contributed by atoms with E-state index >= 15 is 0 Å². The van der Waals surface area contributed by atoms with Gasteiger partial charge >= 0.3 is 0 Å². The number of hydrogen-bond acceptors (Lipinski definition) is 6. The summed E-state index contributed by atoms with van der Waals surface area (Å²) in [5, 5.41) is 18.4. The predicted molar refractivity (Wildman–Crippen MR) is 132 cm³/mol. The molecule has 35 heavy (non-hydrogen) atoms. The van der Waals surface area contributed by atoms with Gasteiger partial charge in [0.05, 0.1) is 35.2 Å². The summed E-state index contributed by atoms with van der Waals surface area (Å²) in [6.07, 6.45) is 4.67. The Hall–Kier alpha value is -4.37. The zero-order valence-corrected chi connectivity index (χ0v) is 19.7. The summed E-state index contributed by atoms with van der Waals surface area (Å²) in [4.78, 5) is 38.7. The minimum Gasteiger partial charge on any atom is -0.507 e. The molecule has 0 spiro atoms. The van der Waals surface area contributed by atoms with Crippen LogP contribution in [-0.4, -0.2) is 37.6 Å². The summed E-state index contributed by atoms with van der Waals surface area (Å²) in [5.41, 5.74) is 2.82. The van der Waals surface area contributed by atoms with Gasteiger partial charge in [0.2, 0.25) is 0 Å². The number of nitrogens with zero attached hydrogens (tertiary/aromatic N) is 4. The van der Waals surface area contributed by atoms with E-state index in [9.17, 15) is 19.5 Å². The lowest BCUT2D eigenvalue weighted by molar-refractivity contribution is -0.114. The van der Waals surface area contributed by atoms with Crippen LogP contribution in [0.4, 0.5) is 5.69 Å². The number of fused-ring (bicyclic) bond motifs is 1. The number of anilines is 1. The highest BCUT2D eigenvalue weighted by Gasteiger charge is 2.35. The van der Waals surface area contributed by atoms with Crippen LogP contribution in [0.5, 0.6) is 5.75 Å². The number of aromatic hydroxyl groups is 1. The van der Waals surface area contributed by atoms with Gasteiger partial charge in [-0.1, -0.05) is 51.5 Å². The number of rotatable bonds is 6. The molecule has 8 nitrogen and oxygen atoms in total. The average molecular weight is 529 g/mol. The molecule has 4 aromatic rings. The lowest BCUT2D eigenvalue weighted by Crippen LogP contribution is -2.29. The first-order valence-corrected chi connectivity index (χ1v) is 11.4. The van der Waals surface area contributed by atoms with Gasteiger partial charge < -0.3 is 5.11 Å². The third kappa shape index (κ3) is 4.41. The normalized spacial score (nSPS) is 13.0. The fourth-order valence-corrected chi connectivity index (χ4v) is 4.03. The topological polar surface area (TPSA) is 105 Å². The number of halogens is 1. The lowest BCUT2D eigenvalue weighted by Gasteiger charge is -2.14. The van der Waals surface area contributed by atoms with E-state index in [4.69, 9.17) is 0 Å². The Bertz CT molecular complexity index is 1510. The molecule has 0 radical (unpaired) electrons. The number of phenols is 1. The van der Waals surface area contributed by atoms with Crippen molar-refractivity contribution in [1.82, 2.24) is 15.0 Å². The third-order valence-corrected chi connectivity index (χ3v) is 6.08. The third-order valence-electron chi connectivity index (χ3n) is 5.55. The Kier molecular flexibility index (Phi) is 5.84. The van der Waals surface area contributed by atoms with E-state index in [1.807, 2.05) is 24.3 Å². The van der Waals surface area contributed by atoms with Gasteiger partial charge in [0.25, 0.3) is 11.7 Å². The molecule has 0 unspecified atom stereocenters. The number of allylic oxidation sites excluding steroid dienone is 1. The van der Waals surface area contributed by atoms with Gasteiger partial charge in [0.15, 0.2) is 5.78 Å². The highest BCUT2D eigenvalue weighted by Crippen LogP contribution is 2.30. The van der Waals surface area contributed by atoms with Crippen LogP contribution < -0.4 is 4.90 Å². The van der Waals surface area contributed by atoms with Crippen LogP contribution in [0.3, 0.4) is 0 Å². The van der Waals surface area contributed by atoms with Crippen molar-refractivity contribution in [2.24, 2.45) is 0 Å². The molecule has 1 aliphatic rings. The number of Topliss-reactive ketones (excluding diaryl/α,β-unsaturated/α-hetero) is 1. The van der Waals surface area contributed by atoms with Crippen molar-refractivity contribution in [2.45, 2.75) is 6.54 Å². The van der Waals surface area contributed by atoms with E-state index < -0.39 is 11.7 Å². The minimum absolute atomic E-state index is 0.0708. The minimum atomic E-state index is -0.615. The molecule has 0 bridgehead atoms. The molecule has 0 aliphatic carbocycles. The van der Waals surface area contributed by atoms with Crippen molar-refractivity contribution in [3.63, 3.8) is 0 Å².